The van der Waals surface area contributed by atoms with Crippen LogP contribution in [0.2, 0.25) is 0 Å². The Morgan fingerprint density at radius 3 is 2.41 bits per heavy atom. The van der Waals surface area contributed by atoms with Gasteiger partial charge in [-0.15, -0.1) is 12.4 Å². The number of pyridine rings is 1. The number of rotatable bonds is 10. The molecule has 1 aliphatic rings. The van der Waals surface area contributed by atoms with Crippen molar-refractivity contribution in [2.24, 2.45) is 5.92 Å². The Balaban J connectivity index is 0.00000408. The molecule has 0 saturated heterocycles. The van der Waals surface area contributed by atoms with Gasteiger partial charge in [-0.3, -0.25) is 15.0 Å². The van der Waals surface area contributed by atoms with Crippen molar-refractivity contribution in [3.8, 4) is 5.75 Å². The van der Waals surface area contributed by atoms with E-state index in [4.69, 9.17) is 9.47 Å². The number of sulfonamides is 1. The second kappa shape index (κ2) is 13.0. The highest BCUT2D eigenvalue weighted by Crippen LogP contribution is 2.34. The van der Waals surface area contributed by atoms with Crippen molar-refractivity contribution in [3.05, 3.63) is 54.4 Å². The molecule has 2 N–H and O–H groups in total. The molecule has 1 heterocycles. The Kier molecular flexibility index (Phi) is 10.7. The highest BCUT2D eigenvalue weighted by molar-refractivity contribution is 7.89. The quantitative estimate of drug-likeness (QED) is 0.370. The lowest BCUT2D eigenvalue weighted by atomic mass is 9.82. The van der Waals surface area contributed by atoms with Gasteiger partial charge >= 0.3 is 0 Å². The molecule has 1 aromatic heterocycles. The monoisotopic (exact) mass is 513 g/mol. The largest absolute Gasteiger partial charge is 0.497 e. The van der Waals surface area contributed by atoms with Crippen molar-refractivity contribution >= 4 is 28.3 Å². The van der Waals surface area contributed by atoms with Crippen LogP contribution >= 0.6 is 12.4 Å². The summed E-state index contributed by atoms with van der Waals surface area (Å²) in [4.78, 5) is 17.0. The summed E-state index contributed by atoms with van der Waals surface area (Å²) >= 11 is 0. The van der Waals surface area contributed by atoms with Crippen LogP contribution in [0, 0.1) is 5.92 Å². The zero-order valence-corrected chi connectivity index (χ0v) is 20.9. The predicted octanol–water partition coefficient (Wildman–Crippen LogP) is 3.17. The summed E-state index contributed by atoms with van der Waals surface area (Å²) in [6.45, 7) is 2.48. The maximum atomic E-state index is 13.8. The average molecular weight is 514 g/mol. The lowest BCUT2D eigenvalue weighted by Gasteiger charge is -2.38. The molecule has 0 bridgehead atoms. The second-order valence-electron chi connectivity index (χ2n) is 8.00. The summed E-state index contributed by atoms with van der Waals surface area (Å²) in [7, 11) is -2.61. The van der Waals surface area contributed by atoms with Gasteiger partial charge in [0.05, 0.1) is 18.1 Å². The number of carbonyl (C=O) groups is 1. The van der Waals surface area contributed by atoms with E-state index in [9.17, 15) is 18.4 Å². The Morgan fingerprint density at radius 1 is 1.21 bits per heavy atom. The molecule has 9 nitrogen and oxygen atoms in total. The van der Waals surface area contributed by atoms with E-state index in [2.05, 4.69) is 4.98 Å². The summed E-state index contributed by atoms with van der Waals surface area (Å²) < 4.78 is 39.6. The maximum Gasteiger partial charge on any atom is 0.262 e. The first-order chi connectivity index (χ1) is 15.9. The average Bonchev–Trinajstić information content (AvgIpc) is 2.85. The number of ether oxygens (including phenoxy) is 2. The number of nitrogens with zero attached hydrogens (tertiary/aromatic N) is 2. The van der Waals surface area contributed by atoms with Crippen molar-refractivity contribution in [2.45, 2.75) is 56.2 Å². The van der Waals surface area contributed by atoms with Gasteiger partial charge in [-0.2, -0.15) is 4.31 Å². The number of amides is 1. The van der Waals surface area contributed by atoms with E-state index in [1.54, 1.807) is 42.1 Å². The Labute approximate surface area is 206 Å². The minimum atomic E-state index is -4.10. The van der Waals surface area contributed by atoms with Crippen molar-refractivity contribution in [3.63, 3.8) is 0 Å². The Bertz CT molecular complexity index is 999. The Morgan fingerprint density at radius 2 is 1.88 bits per heavy atom. The number of benzene rings is 1. The van der Waals surface area contributed by atoms with Crippen LogP contribution in [0.3, 0.4) is 0 Å². The van der Waals surface area contributed by atoms with E-state index in [1.807, 2.05) is 6.92 Å². The molecule has 1 amide bonds. The summed E-state index contributed by atoms with van der Waals surface area (Å²) in [6, 6.07) is 8.39. The third-order valence-corrected chi connectivity index (χ3v) is 7.83. The zero-order chi connectivity index (χ0) is 23.8. The molecule has 11 heteroatoms. The number of methoxy groups -OCH3 is 1. The zero-order valence-electron chi connectivity index (χ0n) is 19.3. The summed E-state index contributed by atoms with van der Waals surface area (Å²) in [5, 5.41) is 9.52. The number of hydrogen-bond donors (Lipinski definition) is 2. The standard InChI is InChI=1S/C23H31N3O6S.ClH/c1-3-32-20-8-6-18(7-9-20)22(23(27)25-28)26(16-17-5-4-14-24-15-17)33(29,30)21-12-10-19(31-2)11-13-21;/h4-5,10-15,18,20,22,28H,3,6-9,16H2,1-2H3,(H,25,27);1H. The molecule has 1 unspecified atom stereocenters. The molecule has 1 aromatic carbocycles. The van der Waals surface area contributed by atoms with Gasteiger partial charge in [0.1, 0.15) is 11.8 Å². The van der Waals surface area contributed by atoms with Crippen LogP contribution in [0.25, 0.3) is 0 Å². The van der Waals surface area contributed by atoms with Gasteiger partial charge in [0.15, 0.2) is 0 Å². The smallest absolute Gasteiger partial charge is 0.262 e. The first-order valence-corrected chi connectivity index (χ1v) is 12.4. The van der Waals surface area contributed by atoms with Gasteiger partial charge in [0, 0.05) is 25.5 Å². The van der Waals surface area contributed by atoms with Gasteiger partial charge in [-0.25, -0.2) is 13.9 Å². The van der Waals surface area contributed by atoms with Crippen LogP contribution in [0.4, 0.5) is 0 Å². The Hall–Kier alpha value is -2.24. The first-order valence-electron chi connectivity index (χ1n) is 11.0. The highest BCUT2D eigenvalue weighted by Gasteiger charge is 2.42. The molecule has 1 atom stereocenters. The van der Waals surface area contributed by atoms with Crippen LogP contribution < -0.4 is 10.2 Å². The topological polar surface area (TPSA) is 118 Å². The van der Waals surface area contributed by atoms with Crippen LogP contribution in [0.15, 0.2) is 53.7 Å². The van der Waals surface area contributed by atoms with Crippen LogP contribution in [0.5, 0.6) is 5.75 Å². The fourth-order valence-corrected chi connectivity index (χ4v) is 5.98. The SMILES string of the molecule is CCOC1CCC(C(C(=O)NO)N(Cc2cccnc2)S(=O)(=O)c2ccc(OC)cc2)CC1.Cl. The van der Waals surface area contributed by atoms with E-state index in [1.165, 1.54) is 23.5 Å². The van der Waals surface area contributed by atoms with E-state index in [0.717, 1.165) is 12.8 Å². The fraction of sp³-hybridized carbons (Fsp3) is 0.478. The van der Waals surface area contributed by atoms with Crippen molar-refractivity contribution < 1.29 is 27.9 Å². The van der Waals surface area contributed by atoms with Crippen LogP contribution in [-0.2, 0) is 26.1 Å². The van der Waals surface area contributed by atoms with Gasteiger partial charge < -0.3 is 9.47 Å². The van der Waals surface area contributed by atoms with Gasteiger partial charge in [0.25, 0.3) is 5.91 Å². The summed E-state index contributed by atoms with van der Waals surface area (Å²) in [6.07, 6.45) is 5.90. The molecule has 0 radical (unpaired) electrons. The van der Waals surface area contributed by atoms with Crippen molar-refractivity contribution in [1.82, 2.24) is 14.8 Å². The number of hydrogen-bond acceptors (Lipinski definition) is 7. The molecule has 1 aliphatic carbocycles. The minimum Gasteiger partial charge on any atom is -0.497 e. The number of halogens is 1. The van der Waals surface area contributed by atoms with Crippen molar-refractivity contribution in [2.75, 3.05) is 13.7 Å². The van der Waals surface area contributed by atoms with Crippen molar-refractivity contribution in [1.29, 1.82) is 0 Å². The molecule has 1 saturated carbocycles. The lowest BCUT2D eigenvalue weighted by molar-refractivity contribution is -0.136. The number of nitrogens with one attached hydrogen (secondary N) is 1. The molecule has 34 heavy (non-hydrogen) atoms. The summed E-state index contributed by atoms with van der Waals surface area (Å²) in [5.41, 5.74) is 2.33. The maximum absolute atomic E-state index is 13.8. The summed E-state index contributed by atoms with van der Waals surface area (Å²) in [5.74, 6) is -0.513. The molecule has 0 aliphatic heterocycles. The second-order valence-corrected chi connectivity index (χ2v) is 9.89. The molecule has 3 rings (SSSR count). The third-order valence-electron chi connectivity index (χ3n) is 5.98. The molecular formula is C23H32ClN3O6S. The van der Waals surface area contributed by atoms with Crippen LogP contribution in [-0.4, -0.2) is 54.7 Å². The first kappa shape index (κ1) is 28.0. The van der Waals surface area contributed by atoms with Gasteiger partial charge in [0.2, 0.25) is 10.0 Å². The minimum absolute atomic E-state index is 0. The molecule has 2 aromatic rings. The van der Waals surface area contributed by atoms with E-state index >= 15 is 0 Å². The fourth-order valence-electron chi connectivity index (χ4n) is 4.34. The number of aromatic nitrogens is 1. The molecule has 188 valence electrons. The molecule has 0 spiro atoms. The van der Waals surface area contributed by atoms with E-state index in [-0.39, 0.29) is 35.9 Å². The van der Waals surface area contributed by atoms with E-state index < -0.39 is 22.0 Å². The van der Waals surface area contributed by atoms with Gasteiger partial charge in [-0.1, -0.05) is 6.07 Å². The highest BCUT2D eigenvalue weighted by atomic mass is 35.5. The molecular weight excluding hydrogens is 482 g/mol. The third kappa shape index (κ3) is 6.67. The number of hydroxylamine groups is 1. The van der Waals surface area contributed by atoms with E-state index in [0.29, 0.717) is 30.8 Å². The molecule has 1 fully saturated rings. The van der Waals surface area contributed by atoms with Crippen LogP contribution in [0.1, 0.15) is 38.2 Å². The normalized spacial score (nSPS) is 19.2. The number of carbonyl (C=O) groups excluding carboxylic acids is 1. The lowest BCUT2D eigenvalue weighted by Crippen LogP contribution is -2.53. The predicted molar refractivity (Wildman–Crippen MR) is 128 cm³/mol. The van der Waals surface area contributed by atoms with Gasteiger partial charge in [-0.05, 0) is 74.4 Å².